The smallest absolute Gasteiger partial charge is 0.239 e. The zero-order chi connectivity index (χ0) is 13.8. The molecule has 0 aliphatic heterocycles. The second-order valence-electron chi connectivity index (χ2n) is 4.96. The third-order valence-corrected chi connectivity index (χ3v) is 2.36. The molecule has 0 aliphatic carbocycles. The van der Waals surface area contributed by atoms with E-state index < -0.39 is 0 Å². The molecule has 1 aromatic heterocycles. The van der Waals surface area contributed by atoms with Gasteiger partial charge in [0.25, 0.3) is 0 Å². The van der Waals surface area contributed by atoms with Crippen LogP contribution in [0, 0.1) is 0 Å². The molecule has 2 N–H and O–H groups in total. The number of halogens is 1. The van der Waals surface area contributed by atoms with E-state index in [4.69, 9.17) is 11.6 Å². The van der Waals surface area contributed by atoms with Gasteiger partial charge in [-0.2, -0.15) is 0 Å². The average Bonchev–Trinajstić information content (AvgIpc) is 2.25. The number of likely N-dealkylation sites (N-methyl/N-ethyl adjacent to an activating group) is 1. The van der Waals surface area contributed by atoms with Gasteiger partial charge in [0, 0.05) is 18.0 Å². The summed E-state index contributed by atoms with van der Waals surface area (Å²) in [5, 5.41) is 6.00. The van der Waals surface area contributed by atoms with Gasteiger partial charge in [0.1, 0.15) is 16.8 Å². The Labute approximate surface area is 112 Å². The van der Waals surface area contributed by atoms with Gasteiger partial charge in [0.05, 0.1) is 6.54 Å². The Kier molecular flexibility index (Phi) is 4.90. The lowest BCUT2D eigenvalue weighted by Crippen LogP contribution is -2.30. The number of rotatable bonds is 4. The first-order valence-corrected chi connectivity index (χ1v) is 6.26. The maximum atomic E-state index is 11.3. The fourth-order valence-electron chi connectivity index (χ4n) is 1.27. The van der Waals surface area contributed by atoms with Gasteiger partial charge in [-0.1, -0.05) is 32.4 Å². The predicted octanol–water partition coefficient (Wildman–Crippen LogP) is 1.98. The Morgan fingerprint density at radius 2 is 2.06 bits per heavy atom. The number of hydrogen-bond acceptors (Lipinski definition) is 4. The van der Waals surface area contributed by atoms with Crippen LogP contribution in [0.3, 0.4) is 0 Å². The van der Waals surface area contributed by atoms with Gasteiger partial charge in [0.2, 0.25) is 5.91 Å². The summed E-state index contributed by atoms with van der Waals surface area (Å²) in [7, 11) is 0. The molecule has 18 heavy (non-hydrogen) atoms. The zero-order valence-electron chi connectivity index (χ0n) is 11.2. The number of carbonyl (C=O) groups is 1. The summed E-state index contributed by atoms with van der Waals surface area (Å²) in [6.07, 6.45) is 0. The lowest BCUT2D eigenvalue weighted by atomic mass is 9.96. The Hall–Kier alpha value is -1.36. The van der Waals surface area contributed by atoms with E-state index in [0.717, 1.165) is 0 Å². The minimum atomic E-state index is -0.187. The summed E-state index contributed by atoms with van der Waals surface area (Å²) < 4.78 is 0. The molecule has 0 radical (unpaired) electrons. The van der Waals surface area contributed by atoms with E-state index in [0.29, 0.717) is 23.3 Å². The van der Waals surface area contributed by atoms with Crippen LogP contribution in [-0.4, -0.2) is 29.0 Å². The number of aromatic nitrogens is 2. The second kappa shape index (κ2) is 6.00. The number of carbonyl (C=O) groups excluding carboxylic acids is 1. The van der Waals surface area contributed by atoms with Crippen molar-refractivity contribution in [1.82, 2.24) is 15.3 Å². The molecule has 1 aromatic rings. The average molecular weight is 271 g/mol. The Bertz CT molecular complexity index is 429. The van der Waals surface area contributed by atoms with Gasteiger partial charge < -0.3 is 10.6 Å². The largest absolute Gasteiger partial charge is 0.361 e. The van der Waals surface area contributed by atoms with Gasteiger partial charge >= 0.3 is 0 Å². The maximum Gasteiger partial charge on any atom is 0.239 e. The Morgan fingerprint density at radius 1 is 1.39 bits per heavy atom. The normalized spacial score (nSPS) is 11.2. The standard InChI is InChI=1S/C12H19ClN4O/c1-5-14-10(18)7-15-9-6-8(13)16-11(17-9)12(2,3)4/h6H,5,7H2,1-4H3,(H,14,18)(H,15,16,17). The molecule has 0 aromatic carbocycles. The van der Waals surface area contributed by atoms with Crippen LogP contribution < -0.4 is 10.6 Å². The molecule has 0 fully saturated rings. The van der Waals surface area contributed by atoms with Crippen molar-refractivity contribution in [3.63, 3.8) is 0 Å². The minimum absolute atomic E-state index is 0.0791. The van der Waals surface area contributed by atoms with Crippen molar-refractivity contribution in [2.75, 3.05) is 18.4 Å². The van der Waals surface area contributed by atoms with Crippen LogP contribution in [0.15, 0.2) is 6.07 Å². The van der Waals surface area contributed by atoms with Crippen LogP contribution in [0.1, 0.15) is 33.5 Å². The van der Waals surface area contributed by atoms with E-state index in [9.17, 15) is 4.79 Å². The van der Waals surface area contributed by atoms with E-state index in [1.54, 1.807) is 6.07 Å². The highest BCUT2D eigenvalue weighted by Crippen LogP contribution is 2.21. The zero-order valence-corrected chi connectivity index (χ0v) is 11.9. The predicted molar refractivity (Wildman–Crippen MR) is 72.9 cm³/mol. The van der Waals surface area contributed by atoms with Crippen LogP contribution in [0.2, 0.25) is 5.15 Å². The van der Waals surface area contributed by atoms with E-state index >= 15 is 0 Å². The maximum absolute atomic E-state index is 11.3. The van der Waals surface area contributed by atoms with Crippen molar-refractivity contribution in [2.45, 2.75) is 33.1 Å². The lowest BCUT2D eigenvalue weighted by Gasteiger charge is -2.17. The third kappa shape index (κ3) is 4.49. The molecule has 5 nitrogen and oxygen atoms in total. The van der Waals surface area contributed by atoms with Crippen LogP contribution >= 0.6 is 11.6 Å². The number of nitrogens with zero attached hydrogens (tertiary/aromatic N) is 2. The van der Waals surface area contributed by atoms with Crippen LogP contribution in [0.4, 0.5) is 5.82 Å². The molecule has 1 amide bonds. The van der Waals surface area contributed by atoms with Crippen molar-refractivity contribution in [1.29, 1.82) is 0 Å². The summed E-state index contributed by atoms with van der Waals surface area (Å²) in [4.78, 5) is 19.9. The molecule has 6 heteroatoms. The summed E-state index contributed by atoms with van der Waals surface area (Å²) in [6, 6.07) is 1.61. The van der Waals surface area contributed by atoms with Crippen molar-refractivity contribution in [2.24, 2.45) is 0 Å². The van der Waals surface area contributed by atoms with E-state index in [1.165, 1.54) is 0 Å². The Morgan fingerprint density at radius 3 is 2.61 bits per heavy atom. The van der Waals surface area contributed by atoms with Gasteiger partial charge in [-0.05, 0) is 6.92 Å². The second-order valence-corrected chi connectivity index (χ2v) is 5.34. The first-order valence-electron chi connectivity index (χ1n) is 5.88. The first kappa shape index (κ1) is 14.7. The molecule has 100 valence electrons. The highest BCUT2D eigenvalue weighted by atomic mass is 35.5. The minimum Gasteiger partial charge on any atom is -0.361 e. The fraction of sp³-hybridized carbons (Fsp3) is 0.583. The lowest BCUT2D eigenvalue weighted by molar-refractivity contribution is -0.119. The van der Waals surface area contributed by atoms with Crippen LogP contribution in [0.25, 0.3) is 0 Å². The Balaban J connectivity index is 2.78. The van der Waals surface area contributed by atoms with Crippen molar-refractivity contribution in [3.8, 4) is 0 Å². The number of anilines is 1. The van der Waals surface area contributed by atoms with Crippen molar-refractivity contribution >= 4 is 23.3 Å². The molecule has 1 heterocycles. The highest BCUT2D eigenvalue weighted by molar-refractivity contribution is 6.29. The quantitative estimate of drug-likeness (QED) is 0.821. The van der Waals surface area contributed by atoms with E-state index in [2.05, 4.69) is 20.6 Å². The SMILES string of the molecule is CCNC(=O)CNc1cc(Cl)nc(C(C)(C)C)n1. The molecule has 0 aliphatic rings. The molecule has 0 saturated carbocycles. The molecule has 0 saturated heterocycles. The highest BCUT2D eigenvalue weighted by Gasteiger charge is 2.18. The van der Waals surface area contributed by atoms with Gasteiger partial charge in [-0.15, -0.1) is 0 Å². The summed E-state index contributed by atoms with van der Waals surface area (Å²) in [6.45, 7) is 8.67. The van der Waals surface area contributed by atoms with Crippen LogP contribution in [-0.2, 0) is 10.2 Å². The summed E-state index contributed by atoms with van der Waals surface area (Å²) >= 11 is 5.94. The monoisotopic (exact) mass is 270 g/mol. The molecular weight excluding hydrogens is 252 g/mol. The number of hydrogen-bond donors (Lipinski definition) is 2. The fourth-order valence-corrected chi connectivity index (χ4v) is 1.46. The van der Waals surface area contributed by atoms with Gasteiger partial charge in [-0.3, -0.25) is 4.79 Å². The van der Waals surface area contributed by atoms with E-state index in [1.807, 2.05) is 27.7 Å². The van der Waals surface area contributed by atoms with Gasteiger partial charge in [-0.25, -0.2) is 9.97 Å². The summed E-state index contributed by atoms with van der Waals surface area (Å²) in [5.74, 6) is 1.13. The molecular formula is C12H19ClN4O. The number of nitrogens with one attached hydrogen (secondary N) is 2. The number of amides is 1. The molecule has 0 atom stereocenters. The first-order chi connectivity index (χ1) is 8.32. The van der Waals surface area contributed by atoms with Crippen molar-refractivity contribution < 1.29 is 4.79 Å². The van der Waals surface area contributed by atoms with Crippen LogP contribution in [0.5, 0.6) is 0 Å². The summed E-state index contributed by atoms with van der Waals surface area (Å²) in [5.41, 5.74) is -0.187. The molecule has 0 unspecified atom stereocenters. The molecule has 0 bridgehead atoms. The topological polar surface area (TPSA) is 66.9 Å². The molecule has 0 spiro atoms. The van der Waals surface area contributed by atoms with E-state index in [-0.39, 0.29) is 17.9 Å². The third-order valence-electron chi connectivity index (χ3n) is 2.17. The van der Waals surface area contributed by atoms with Crippen molar-refractivity contribution in [3.05, 3.63) is 17.0 Å². The van der Waals surface area contributed by atoms with Gasteiger partial charge in [0.15, 0.2) is 0 Å². The molecule has 1 rings (SSSR count).